The molecule has 0 aliphatic carbocycles. The quantitative estimate of drug-likeness (QED) is 0.670. The number of nitrogens with one attached hydrogen (secondary N) is 1. The van der Waals surface area contributed by atoms with Crippen molar-refractivity contribution in [2.24, 2.45) is 5.73 Å². The first-order valence-electron chi connectivity index (χ1n) is 5.75. The van der Waals surface area contributed by atoms with E-state index in [9.17, 15) is 14.7 Å². The third-order valence-corrected chi connectivity index (χ3v) is 2.82. The average molecular weight is 265 g/mol. The maximum Gasteiger partial charge on any atom is 0.262 e. The van der Waals surface area contributed by atoms with E-state index in [0.717, 1.165) is 0 Å². The zero-order valence-corrected chi connectivity index (χ0v) is 10.4. The Morgan fingerprint density at radius 2 is 2.37 bits per heavy atom. The molecule has 0 saturated carbocycles. The summed E-state index contributed by atoms with van der Waals surface area (Å²) in [5, 5.41) is 12.1. The van der Waals surface area contributed by atoms with Gasteiger partial charge >= 0.3 is 0 Å². The number of nitrogens with zero attached hydrogens (tertiary/aromatic N) is 1. The van der Waals surface area contributed by atoms with Gasteiger partial charge in [-0.15, -0.1) is 0 Å². The highest BCUT2D eigenvalue weighted by Crippen LogP contribution is 2.31. The number of hydrogen-bond acceptors (Lipinski definition) is 5. The van der Waals surface area contributed by atoms with Gasteiger partial charge in [-0.1, -0.05) is 0 Å². The van der Waals surface area contributed by atoms with Gasteiger partial charge in [0.2, 0.25) is 0 Å². The molecule has 19 heavy (non-hydrogen) atoms. The summed E-state index contributed by atoms with van der Waals surface area (Å²) in [6.07, 6.45) is -1.24. The summed E-state index contributed by atoms with van der Waals surface area (Å²) < 4.78 is 5.21. The molecule has 0 radical (unpaired) electrons. The SMILES string of the molecule is CN(C(=O)C(O)CN)c1ccc2c(c1)NC(=O)CO2. The van der Waals surface area contributed by atoms with Crippen molar-refractivity contribution in [3.63, 3.8) is 0 Å². The second-order valence-corrected chi connectivity index (χ2v) is 4.17. The lowest BCUT2D eigenvalue weighted by atomic mass is 10.2. The molecular weight excluding hydrogens is 250 g/mol. The Balaban J connectivity index is 2.24. The minimum Gasteiger partial charge on any atom is -0.482 e. The summed E-state index contributed by atoms with van der Waals surface area (Å²) in [4.78, 5) is 24.3. The maximum absolute atomic E-state index is 11.8. The number of anilines is 2. The first-order chi connectivity index (χ1) is 9.02. The normalized spacial score (nSPS) is 15.0. The molecule has 1 aliphatic heterocycles. The highest BCUT2D eigenvalue weighted by Gasteiger charge is 2.21. The number of ether oxygens (including phenoxy) is 1. The van der Waals surface area contributed by atoms with E-state index in [1.807, 2.05) is 0 Å². The molecule has 2 amide bonds. The number of benzene rings is 1. The van der Waals surface area contributed by atoms with Crippen LogP contribution in [-0.2, 0) is 9.59 Å². The van der Waals surface area contributed by atoms with E-state index < -0.39 is 12.0 Å². The van der Waals surface area contributed by atoms with Gasteiger partial charge in [0.1, 0.15) is 11.9 Å². The van der Waals surface area contributed by atoms with Gasteiger partial charge in [-0.3, -0.25) is 9.59 Å². The minimum atomic E-state index is -1.24. The van der Waals surface area contributed by atoms with Gasteiger partial charge in [-0.2, -0.15) is 0 Å². The van der Waals surface area contributed by atoms with E-state index in [1.165, 1.54) is 11.9 Å². The van der Waals surface area contributed by atoms with Crippen molar-refractivity contribution in [1.29, 1.82) is 0 Å². The third-order valence-electron chi connectivity index (χ3n) is 2.82. The topological polar surface area (TPSA) is 105 Å². The number of carbonyl (C=O) groups excluding carboxylic acids is 2. The highest BCUT2D eigenvalue weighted by atomic mass is 16.5. The number of fused-ring (bicyclic) bond motifs is 1. The molecule has 102 valence electrons. The molecule has 1 heterocycles. The van der Waals surface area contributed by atoms with Crippen molar-refractivity contribution in [3.8, 4) is 5.75 Å². The monoisotopic (exact) mass is 265 g/mol. The highest BCUT2D eigenvalue weighted by molar-refractivity contribution is 5.99. The summed E-state index contributed by atoms with van der Waals surface area (Å²) in [5.74, 6) is -0.213. The lowest BCUT2D eigenvalue weighted by molar-refractivity contribution is -0.125. The van der Waals surface area contributed by atoms with E-state index in [2.05, 4.69) is 5.32 Å². The van der Waals surface area contributed by atoms with Crippen molar-refractivity contribution >= 4 is 23.2 Å². The molecule has 0 spiro atoms. The molecule has 0 fully saturated rings. The van der Waals surface area contributed by atoms with Crippen LogP contribution in [-0.4, -0.2) is 43.2 Å². The molecule has 7 nitrogen and oxygen atoms in total. The van der Waals surface area contributed by atoms with Gasteiger partial charge in [-0.25, -0.2) is 0 Å². The predicted molar refractivity (Wildman–Crippen MR) is 69.0 cm³/mol. The zero-order chi connectivity index (χ0) is 14.0. The largest absolute Gasteiger partial charge is 0.482 e. The fourth-order valence-corrected chi connectivity index (χ4v) is 1.73. The maximum atomic E-state index is 11.8. The Morgan fingerprint density at radius 3 is 3.05 bits per heavy atom. The molecule has 4 N–H and O–H groups in total. The van der Waals surface area contributed by atoms with E-state index in [0.29, 0.717) is 17.1 Å². The van der Waals surface area contributed by atoms with Crippen LogP contribution in [0.1, 0.15) is 0 Å². The number of aliphatic hydroxyl groups excluding tert-OH is 1. The first-order valence-corrected chi connectivity index (χ1v) is 5.75. The van der Waals surface area contributed by atoms with Gasteiger partial charge in [0, 0.05) is 19.3 Å². The summed E-state index contributed by atoms with van der Waals surface area (Å²) in [5.41, 5.74) is 6.27. The van der Waals surface area contributed by atoms with Gasteiger partial charge in [0.15, 0.2) is 6.61 Å². The van der Waals surface area contributed by atoms with Crippen LogP contribution in [0.15, 0.2) is 18.2 Å². The smallest absolute Gasteiger partial charge is 0.262 e. The minimum absolute atomic E-state index is 0.0208. The van der Waals surface area contributed by atoms with Gasteiger partial charge < -0.3 is 25.8 Å². The Bertz CT molecular complexity index is 518. The molecule has 7 heteroatoms. The van der Waals surface area contributed by atoms with E-state index >= 15 is 0 Å². The number of likely N-dealkylation sites (N-methyl/N-ethyl adjacent to an activating group) is 1. The van der Waals surface area contributed by atoms with E-state index in [-0.39, 0.29) is 19.1 Å². The number of carbonyl (C=O) groups is 2. The summed E-state index contributed by atoms with van der Waals surface area (Å²) in [6, 6.07) is 4.92. The Morgan fingerprint density at radius 1 is 1.63 bits per heavy atom. The summed E-state index contributed by atoms with van der Waals surface area (Å²) >= 11 is 0. The van der Waals surface area contributed by atoms with Crippen molar-refractivity contribution in [2.45, 2.75) is 6.10 Å². The van der Waals surface area contributed by atoms with Gasteiger partial charge in [-0.05, 0) is 18.2 Å². The molecular formula is C12H15N3O4. The van der Waals surface area contributed by atoms with E-state index in [1.54, 1.807) is 18.2 Å². The van der Waals surface area contributed by atoms with E-state index in [4.69, 9.17) is 10.5 Å². The fourth-order valence-electron chi connectivity index (χ4n) is 1.73. The molecule has 0 bridgehead atoms. The number of amides is 2. The molecule has 0 aromatic heterocycles. The number of nitrogens with two attached hydrogens (primary N) is 1. The van der Waals surface area contributed by atoms with Crippen LogP contribution >= 0.6 is 0 Å². The van der Waals surface area contributed by atoms with Gasteiger partial charge in [0.05, 0.1) is 5.69 Å². The van der Waals surface area contributed by atoms with Gasteiger partial charge in [0.25, 0.3) is 11.8 Å². The summed E-state index contributed by atoms with van der Waals surface area (Å²) in [6.45, 7) is -0.166. The molecule has 1 aliphatic rings. The van der Waals surface area contributed by atoms with Crippen LogP contribution in [0.5, 0.6) is 5.75 Å². The number of rotatable bonds is 3. The van der Waals surface area contributed by atoms with Crippen molar-refractivity contribution in [3.05, 3.63) is 18.2 Å². The second-order valence-electron chi connectivity index (χ2n) is 4.17. The third kappa shape index (κ3) is 2.67. The molecule has 2 rings (SSSR count). The van der Waals surface area contributed by atoms with Crippen molar-refractivity contribution in [2.75, 3.05) is 30.4 Å². The Hall–Kier alpha value is -2.12. The molecule has 1 atom stereocenters. The second kappa shape index (κ2) is 5.25. The van der Waals surface area contributed by atoms with Crippen molar-refractivity contribution < 1.29 is 19.4 Å². The molecule has 1 unspecified atom stereocenters. The molecule has 1 aromatic carbocycles. The molecule has 1 aromatic rings. The molecule has 0 saturated heterocycles. The number of hydrogen-bond donors (Lipinski definition) is 3. The van der Waals surface area contributed by atoms with Crippen LogP contribution in [0.25, 0.3) is 0 Å². The lowest BCUT2D eigenvalue weighted by Crippen LogP contribution is -2.40. The van der Waals surface area contributed by atoms with Crippen LogP contribution in [0.2, 0.25) is 0 Å². The first kappa shape index (κ1) is 13.3. The van der Waals surface area contributed by atoms with Crippen LogP contribution < -0.4 is 20.7 Å². The fraction of sp³-hybridized carbons (Fsp3) is 0.333. The average Bonchev–Trinajstić information content (AvgIpc) is 2.43. The predicted octanol–water partition coefficient (Wildman–Crippen LogP) is -0.700. The standard InChI is InChI=1S/C12H15N3O4/c1-15(12(18)9(16)5-13)7-2-3-10-8(4-7)14-11(17)6-19-10/h2-4,9,16H,5-6,13H2,1H3,(H,14,17). The zero-order valence-electron chi connectivity index (χ0n) is 10.4. The van der Waals surface area contributed by atoms with Crippen LogP contribution in [0.4, 0.5) is 11.4 Å². The van der Waals surface area contributed by atoms with Crippen LogP contribution in [0.3, 0.4) is 0 Å². The summed E-state index contributed by atoms with van der Waals surface area (Å²) in [7, 11) is 1.52. The Labute approximate surface area is 109 Å². The number of aliphatic hydroxyl groups is 1. The lowest BCUT2D eigenvalue weighted by Gasteiger charge is -2.23. The van der Waals surface area contributed by atoms with Crippen molar-refractivity contribution in [1.82, 2.24) is 0 Å². The van der Waals surface area contributed by atoms with Crippen LogP contribution in [0, 0.1) is 0 Å². The Kier molecular flexibility index (Phi) is 3.68.